The van der Waals surface area contributed by atoms with Gasteiger partial charge in [-0.15, -0.1) is 0 Å². The molecule has 2 fully saturated rings. The highest BCUT2D eigenvalue weighted by atomic mass is 35.5. The van der Waals surface area contributed by atoms with Crippen LogP contribution in [0.4, 0.5) is 4.39 Å². The summed E-state index contributed by atoms with van der Waals surface area (Å²) in [6.07, 6.45) is 3.01. The molecule has 160 valence electrons. The number of amides is 1. The van der Waals surface area contributed by atoms with Gasteiger partial charge in [0.25, 0.3) is 5.91 Å². The van der Waals surface area contributed by atoms with E-state index in [2.05, 4.69) is 4.98 Å². The van der Waals surface area contributed by atoms with E-state index in [1.54, 1.807) is 18.2 Å². The average Bonchev–Trinajstić information content (AvgIpc) is 3.64. The van der Waals surface area contributed by atoms with Gasteiger partial charge in [0.1, 0.15) is 5.82 Å². The van der Waals surface area contributed by atoms with Crippen molar-refractivity contribution in [3.63, 3.8) is 0 Å². The molecule has 6 heteroatoms. The van der Waals surface area contributed by atoms with Crippen LogP contribution in [0, 0.1) is 11.7 Å². The van der Waals surface area contributed by atoms with E-state index < -0.39 is 6.10 Å². The van der Waals surface area contributed by atoms with Gasteiger partial charge < -0.3 is 10.0 Å². The second-order valence-electron chi connectivity index (χ2n) is 8.66. The first-order valence-corrected chi connectivity index (χ1v) is 11.2. The lowest BCUT2D eigenvalue weighted by molar-refractivity contribution is 0.0463. The molecule has 0 spiro atoms. The summed E-state index contributed by atoms with van der Waals surface area (Å²) in [5.74, 6) is 0.0341. The molecule has 2 aromatic carbocycles. The number of halogens is 2. The van der Waals surface area contributed by atoms with Crippen molar-refractivity contribution in [2.75, 3.05) is 13.1 Å². The highest BCUT2D eigenvalue weighted by Crippen LogP contribution is 2.40. The monoisotopic (exact) mass is 438 g/mol. The predicted octanol–water partition coefficient (Wildman–Crippen LogP) is 5.49. The Labute approximate surface area is 185 Å². The summed E-state index contributed by atoms with van der Waals surface area (Å²) >= 11 is 5.95. The Morgan fingerprint density at radius 1 is 1.06 bits per heavy atom. The summed E-state index contributed by atoms with van der Waals surface area (Å²) < 4.78 is 13.9. The molecule has 0 unspecified atom stereocenters. The van der Waals surface area contributed by atoms with Gasteiger partial charge in [-0.3, -0.25) is 9.78 Å². The summed E-state index contributed by atoms with van der Waals surface area (Å²) in [5.41, 5.74) is 2.97. The quantitative estimate of drug-likeness (QED) is 0.586. The van der Waals surface area contributed by atoms with E-state index in [0.29, 0.717) is 53.3 Å². The van der Waals surface area contributed by atoms with Crippen molar-refractivity contribution in [1.82, 2.24) is 9.88 Å². The van der Waals surface area contributed by atoms with Gasteiger partial charge in [-0.25, -0.2) is 4.39 Å². The van der Waals surface area contributed by atoms with Crippen LogP contribution in [0.25, 0.3) is 10.9 Å². The number of piperidine rings is 1. The van der Waals surface area contributed by atoms with Crippen molar-refractivity contribution in [3.8, 4) is 0 Å². The van der Waals surface area contributed by atoms with Crippen LogP contribution in [0.2, 0.25) is 5.02 Å². The Balaban J connectivity index is 1.35. The smallest absolute Gasteiger partial charge is 0.254 e. The molecule has 1 aliphatic carbocycles. The lowest BCUT2D eigenvalue weighted by Gasteiger charge is -2.34. The number of carbonyl (C=O) groups excluding carboxylic acids is 1. The Morgan fingerprint density at radius 2 is 1.77 bits per heavy atom. The molecule has 1 saturated carbocycles. The minimum Gasteiger partial charge on any atom is -0.388 e. The van der Waals surface area contributed by atoms with Crippen LogP contribution in [0.1, 0.15) is 59.3 Å². The van der Waals surface area contributed by atoms with Crippen molar-refractivity contribution >= 4 is 28.4 Å². The van der Waals surface area contributed by atoms with Crippen LogP contribution < -0.4 is 0 Å². The Hall–Kier alpha value is -2.50. The van der Waals surface area contributed by atoms with E-state index in [-0.39, 0.29) is 17.6 Å². The maximum absolute atomic E-state index is 13.9. The Morgan fingerprint density at radius 3 is 2.45 bits per heavy atom. The SMILES string of the molecule is O=C(c1cc(C2CC2)nc2ccc(F)cc12)N1CCC([C@@H](O)c2ccc(Cl)cc2)CC1. The van der Waals surface area contributed by atoms with Gasteiger partial charge >= 0.3 is 0 Å². The van der Waals surface area contributed by atoms with Crippen LogP contribution in [0.3, 0.4) is 0 Å². The van der Waals surface area contributed by atoms with Crippen molar-refractivity contribution < 1.29 is 14.3 Å². The van der Waals surface area contributed by atoms with E-state index >= 15 is 0 Å². The third kappa shape index (κ3) is 4.17. The zero-order valence-corrected chi connectivity index (χ0v) is 17.9. The van der Waals surface area contributed by atoms with Gasteiger partial charge in [0.2, 0.25) is 0 Å². The molecule has 1 aliphatic heterocycles. The van der Waals surface area contributed by atoms with E-state index in [1.807, 2.05) is 23.1 Å². The highest BCUT2D eigenvalue weighted by molar-refractivity contribution is 6.30. The van der Waals surface area contributed by atoms with Crippen LogP contribution in [0.5, 0.6) is 0 Å². The van der Waals surface area contributed by atoms with E-state index in [9.17, 15) is 14.3 Å². The molecule has 1 saturated heterocycles. The summed E-state index contributed by atoms with van der Waals surface area (Å²) in [4.78, 5) is 19.9. The number of benzene rings is 2. The molecule has 1 N–H and O–H groups in total. The van der Waals surface area contributed by atoms with Crippen LogP contribution >= 0.6 is 11.6 Å². The standard InChI is InChI=1S/C25H24ClFN2O2/c26-18-5-3-16(4-6-18)24(30)17-9-11-29(12-10-17)25(31)21-14-23(15-1-2-15)28-22-8-7-19(27)13-20(21)22/h3-8,13-15,17,24,30H,1-2,9-12H2/t24-/m0/s1. The van der Waals surface area contributed by atoms with Crippen molar-refractivity contribution in [3.05, 3.63) is 76.2 Å². The van der Waals surface area contributed by atoms with Gasteiger partial charge in [-0.05, 0) is 73.6 Å². The molecule has 3 aromatic rings. The lowest BCUT2D eigenvalue weighted by Crippen LogP contribution is -2.40. The van der Waals surface area contributed by atoms with E-state index in [4.69, 9.17) is 11.6 Å². The number of nitrogens with zero attached hydrogens (tertiary/aromatic N) is 2. The third-order valence-electron chi connectivity index (χ3n) is 6.50. The van der Waals surface area contributed by atoms with Crippen molar-refractivity contribution in [1.29, 1.82) is 0 Å². The molecule has 1 atom stereocenters. The van der Waals surface area contributed by atoms with Crippen LogP contribution in [-0.2, 0) is 0 Å². The number of likely N-dealkylation sites (tertiary alicyclic amines) is 1. The number of hydrogen-bond donors (Lipinski definition) is 1. The fourth-order valence-electron chi connectivity index (χ4n) is 4.50. The fraction of sp³-hybridized carbons (Fsp3) is 0.360. The van der Waals surface area contributed by atoms with E-state index in [1.165, 1.54) is 12.1 Å². The molecular formula is C25H24ClFN2O2. The maximum atomic E-state index is 13.9. The second kappa shape index (κ2) is 8.21. The summed E-state index contributed by atoms with van der Waals surface area (Å²) in [7, 11) is 0. The zero-order chi connectivity index (χ0) is 21.5. The number of carbonyl (C=O) groups is 1. The van der Waals surface area contributed by atoms with Gasteiger partial charge in [0.15, 0.2) is 0 Å². The van der Waals surface area contributed by atoms with Gasteiger partial charge in [0.05, 0.1) is 17.2 Å². The predicted molar refractivity (Wildman–Crippen MR) is 119 cm³/mol. The number of rotatable bonds is 4. The summed E-state index contributed by atoms with van der Waals surface area (Å²) in [5, 5.41) is 12.0. The summed E-state index contributed by atoms with van der Waals surface area (Å²) in [6.45, 7) is 1.12. The Bertz CT molecular complexity index is 1120. The first kappa shape index (κ1) is 20.4. The molecular weight excluding hydrogens is 415 g/mol. The molecule has 2 heterocycles. The Kier molecular flexibility index (Phi) is 5.40. The molecule has 2 aliphatic rings. The highest BCUT2D eigenvalue weighted by Gasteiger charge is 2.31. The van der Waals surface area contributed by atoms with Crippen LogP contribution in [0.15, 0.2) is 48.5 Å². The normalized spacial score (nSPS) is 18.4. The second-order valence-corrected chi connectivity index (χ2v) is 9.09. The fourth-order valence-corrected chi connectivity index (χ4v) is 4.63. The van der Waals surface area contributed by atoms with Crippen molar-refractivity contribution in [2.24, 2.45) is 5.92 Å². The topological polar surface area (TPSA) is 53.4 Å². The number of pyridine rings is 1. The number of aliphatic hydroxyl groups excluding tert-OH is 1. The third-order valence-corrected chi connectivity index (χ3v) is 6.75. The molecule has 31 heavy (non-hydrogen) atoms. The zero-order valence-electron chi connectivity index (χ0n) is 17.1. The molecule has 0 radical (unpaired) electrons. The molecule has 1 amide bonds. The lowest BCUT2D eigenvalue weighted by atomic mass is 9.87. The molecule has 0 bridgehead atoms. The number of aromatic nitrogens is 1. The largest absolute Gasteiger partial charge is 0.388 e. The van der Waals surface area contributed by atoms with E-state index in [0.717, 1.165) is 24.1 Å². The molecule has 5 rings (SSSR count). The number of hydrogen-bond acceptors (Lipinski definition) is 3. The van der Waals surface area contributed by atoms with Gasteiger partial charge in [-0.1, -0.05) is 23.7 Å². The maximum Gasteiger partial charge on any atom is 0.254 e. The molecule has 1 aromatic heterocycles. The van der Waals surface area contributed by atoms with Crippen LogP contribution in [-0.4, -0.2) is 34.0 Å². The first-order chi connectivity index (χ1) is 15.0. The van der Waals surface area contributed by atoms with Gasteiger partial charge in [0, 0.05) is 35.1 Å². The average molecular weight is 439 g/mol. The number of fused-ring (bicyclic) bond motifs is 1. The summed E-state index contributed by atoms with van der Waals surface area (Å²) in [6, 6.07) is 13.6. The molecule has 4 nitrogen and oxygen atoms in total. The first-order valence-electron chi connectivity index (χ1n) is 10.8. The number of aliphatic hydroxyl groups is 1. The van der Waals surface area contributed by atoms with Crippen molar-refractivity contribution in [2.45, 2.75) is 37.7 Å². The minimum absolute atomic E-state index is 0.0823. The van der Waals surface area contributed by atoms with Gasteiger partial charge in [-0.2, -0.15) is 0 Å². The minimum atomic E-state index is -0.577.